The van der Waals surface area contributed by atoms with Crippen molar-refractivity contribution in [1.29, 1.82) is 0 Å². The second-order valence-corrected chi connectivity index (χ2v) is 6.63. The summed E-state index contributed by atoms with van der Waals surface area (Å²) in [5, 5.41) is 6.25. The minimum atomic E-state index is -4.68. The predicted molar refractivity (Wildman–Crippen MR) is 104 cm³/mol. The van der Waals surface area contributed by atoms with Crippen molar-refractivity contribution in [2.24, 2.45) is 0 Å². The molecule has 168 valence electrons. The highest BCUT2D eigenvalue weighted by atomic mass is 19.4. The third-order valence-corrected chi connectivity index (χ3v) is 4.34. The minimum absolute atomic E-state index is 0.0973. The number of hydrogen-bond acceptors (Lipinski definition) is 4. The molecule has 0 radical (unpaired) electrons. The van der Waals surface area contributed by atoms with Crippen LogP contribution >= 0.6 is 0 Å². The van der Waals surface area contributed by atoms with Crippen molar-refractivity contribution >= 4 is 5.91 Å². The number of nitrogens with zero attached hydrogens (tertiary/aromatic N) is 2. The molecule has 1 heterocycles. The molecule has 0 saturated carbocycles. The van der Waals surface area contributed by atoms with E-state index < -0.39 is 35.4 Å². The summed E-state index contributed by atoms with van der Waals surface area (Å²) in [7, 11) is 0. The first-order chi connectivity index (χ1) is 15.1. The molecule has 11 heteroatoms. The molecule has 0 aliphatic carbocycles. The molecule has 2 aromatic carbocycles. The molecular weight excluding hydrogens is 437 g/mol. The van der Waals surface area contributed by atoms with Gasteiger partial charge in [0.15, 0.2) is 5.69 Å². The van der Waals surface area contributed by atoms with Crippen molar-refractivity contribution in [3.8, 4) is 11.4 Å². The van der Waals surface area contributed by atoms with Crippen LogP contribution in [0.4, 0.5) is 22.0 Å². The van der Waals surface area contributed by atoms with Crippen molar-refractivity contribution in [3.05, 3.63) is 87.3 Å². The molecule has 0 bridgehead atoms. The van der Waals surface area contributed by atoms with Crippen molar-refractivity contribution in [3.63, 3.8) is 0 Å². The van der Waals surface area contributed by atoms with Gasteiger partial charge in [0.1, 0.15) is 5.75 Å². The Morgan fingerprint density at radius 3 is 2.53 bits per heavy atom. The topological polar surface area (TPSA) is 73.2 Å². The first-order valence-electron chi connectivity index (χ1n) is 9.16. The van der Waals surface area contributed by atoms with Crippen molar-refractivity contribution < 1.29 is 31.5 Å². The Morgan fingerprint density at radius 2 is 1.84 bits per heavy atom. The third kappa shape index (κ3) is 5.29. The number of aryl methyl sites for hydroxylation is 1. The van der Waals surface area contributed by atoms with Crippen LogP contribution in [0, 0.1) is 6.92 Å². The number of alkyl halides is 5. The molecule has 6 nitrogen and oxygen atoms in total. The Balaban J connectivity index is 1.89. The average molecular weight is 453 g/mol. The van der Waals surface area contributed by atoms with Crippen molar-refractivity contribution in [2.75, 3.05) is 0 Å². The minimum Gasteiger partial charge on any atom is -0.435 e. The normalized spacial score (nSPS) is 11.5. The van der Waals surface area contributed by atoms with Gasteiger partial charge in [-0.05, 0) is 36.8 Å². The lowest BCUT2D eigenvalue weighted by Crippen LogP contribution is -2.32. The molecule has 0 atom stereocenters. The van der Waals surface area contributed by atoms with Crippen molar-refractivity contribution in [2.45, 2.75) is 26.3 Å². The van der Waals surface area contributed by atoms with E-state index in [0.29, 0.717) is 5.56 Å². The number of aromatic nitrogens is 2. The number of halogens is 5. The second kappa shape index (κ2) is 9.16. The molecule has 0 fully saturated rings. The summed E-state index contributed by atoms with van der Waals surface area (Å²) in [6.07, 6.45) is -4.68. The standard InChI is InChI=1S/C21H16F5N3O3/c1-12-9-17(30)18(28-29(12)16-8-3-2-7-15(16)21(24,25)26)19(31)27-11-13-5-4-6-14(10-13)32-20(22)23/h2-10,20H,11H2,1H3,(H,27,31). The fraction of sp³-hybridized carbons (Fsp3) is 0.190. The first-order valence-corrected chi connectivity index (χ1v) is 9.16. The summed E-state index contributed by atoms with van der Waals surface area (Å²) in [6, 6.07) is 11.2. The number of carbonyl (C=O) groups is 1. The number of amides is 1. The summed E-state index contributed by atoms with van der Waals surface area (Å²) in [5.74, 6) is -1.06. The molecule has 3 aromatic rings. The zero-order valence-electron chi connectivity index (χ0n) is 16.5. The lowest BCUT2D eigenvalue weighted by molar-refractivity contribution is -0.137. The predicted octanol–water partition coefficient (Wildman–Crippen LogP) is 4.09. The highest BCUT2D eigenvalue weighted by Crippen LogP contribution is 2.33. The summed E-state index contributed by atoms with van der Waals surface area (Å²) in [4.78, 5) is 24.8. The maximum atomic E-state index is 13.4. The van der Waals surface area contributed by atoms with E-state index in [1.54, 1.807) is 0 Å². The number of para-hydroxylation sites is 1. The molecular formula is C21H16F5N3O3. The van der Waals surface area contributed by atoms with Gasteiger partial charge < -0.3 is 10.1 Å². The zero-order chi connectivity index (χ0) is 23.5. The highest BCUT2D eigenvalue weighted by Gasteiger charge is 2.34. The SMILES string of the molecule is Cc1cc(=O)c(C(=O)NCc2cccc(OC(F)F)c2)nn1-c1ccccc1C(F)(F)F. The van der Waals surface area contributed by atoms with Gasteiger partial charge in [-0.3, -0.25) is 9.59 Å². The maximum Gasteiger partial charge on any atom is 0.418 e. The lowest BCUT2D eigenvalue weighted by Gasteiger charge is -2.16. The van der Waals surface area contributed by atoms with Crippen LogP contribution in [0.5, 0.6) is 5.75 Å². The molecule has 1 N–H and O–H groups in total. The monoisotopic (exact) mass is 453 g/mol. The number of carbonyl (C=O) groups excluding carboxylic acids is 1. The van der Waals surface area contributed by atoms with Gasteiger partial charge >= 0.3 is 12.8 Å². The van der Waals surface area contributed by atoms with E-state index in [9.17, 15) is 31.5 Å². The summed E-state index contributed by atoms with van der Waals surface area (Å²) in [6.45, 7) is -1.79. The van der Waals surface area contributed by atoms with Crippen LogP contribution in [0.2, 0.25) is 0 Å². The van der Waals surface area contributed by atoms with Gasteiger partial charge in [0.05, 0.1) is 11.3 Å². The number of benzene rings is 2. The van der Waals surface area contributed by atoms with E-state index in [0.717, 1.165) is 16.8 Å². The van der Waals surface area contributed by atoms with E-state index >= 15 is 0 Å². The lowest BCUT2D eigenvalue weighted by atomic mass is 10.1. The summed E-state index contributed by atoms with van der Waals surface area (Å²) >= 11 is 0. The van der Waals surface area contributed by atoms with Crippen LogP contribution < -0.4 is 15.5 Å². The van der Waals surface area contributed by atoms with Crippen LogP contribution in [0.1, 0.15) is 27.3 Å². The molecule has 32 heavy (non-hydrogen) atoms. The quantitative estimate of drug-likeness (QED) is 0.571. The Morgan fingerprint density at radius 1 is 1.12 bits per heavy atom. The third-order valence-electron chi connectivity index (χ3n) is 4.34. The van der Waals surface area contributed by atoms with E-state index in [-0.39, 0.29) is 23.7 Å². The maximum absolute atomic E-state index is 13.4. The van der Waals surface area contributed by atoms with Crippen LogP contribution in [-0.4, -0.2) is 22.3 Å². The van der Waals surface area contributed by atoms with Gasteiger partial charge in [-0.15, -0.1) is 0 Å². The molecule has 0 saturated heterocycles. The van der Waals surface area contributed by atoms with Gasteiger partial charge in [-0.2, -0.15) is 27.1 Å². The fourth-order valence-corrected chi connectivity index (χ4v) is 2.94. The molecule has 0 aliphatic rings. The Labute approximate surface area is 178 Å². The number of ether oxygens (including phenoxy) is 1. The van der Waals surface area contributed by atoms with E-state index in [4.69, 9.17) is 0 Å². The first kappa shape index (κ1) is 22.9. The Bertz CT molecular complexity index is 1190. The van der Waals surface area contributed by atoms with Gasteiger partial charge in [0, 0.05) is 18.3 Å². The molecule has 1 aromatic heterocycles. The van der Waals surface area contributed by atoms with Gasteiger partial charge in [-0.25, -0.2) is 4.68 Å². The van der Waals surface area contributed by atoms with Gasteiger partial charge in [-0.1, -0.05) is 24.3 Å². The van der Waals surface area contributed by atoms with E-state index in [1.807, 2.05) is 0 Å². The van der Waals surface area contributed by atoms with Crippen molar-refractivity contribution in [1.82, 2.24) is 15.1 Å². The fourth-order valence-electron chi connectivity index (χ4n) is 2.94. The number of nitrogens with one attached hydrogen (secondary N) is 1. The number of rotatable bonds is 6. The second-order valence-electron chi connectivity index (χ2n) is 6.63. The van der Waals surface area contributed by atoms with Crippen LogP contribution in [0.25, 0.3) is 5.69 Å². The smallest absolute Gasteiger partial charge is 0.418 e. The highest BCUT2D eigenvalue weighted by molar-refractivity contribution is 5.92. The van der Waals surface area contributed by atoms with Gasteiger partial charge in [0.25, 0.3) is 5.91 Å². The summed E-state index contributed by atoms with van der Waals surface area (Å²) in [5.41, 5.74) is -2.24. The van der Waals surface area contributed by atoms with Gasteiger partial charge in [0.2, 0.25) is 5.43 Å². The Hall–Kier alpha value is -3.76. The molecule has 0 spiro atoms. The van der Waals surface area contributed by atoms with Crippen LogP contribution in [0.3, 0.4) is 0 Å². The molecule has 0 unspecified atom stereocenters. The largest absolute Gasteiger partial charge is 0.435 e. The van der Waals surface area contributed by atoms with Crippen LogP contribution in [0.15, 0.2) is 59.4 Å². The summed E-state index contributed by atoms with van der Waals surface area (Å²) < 4.78 is 70.0. The van der Waals surface area contributed by atoms with Crippen LogP contribution in [-0.2, 0) is 12.7 Å². The Kier molecular flexibility index (Phi) is 6.56. The molecule has 1 amide bonds. The average Bonchev–Trinajstić information content (AvgIpc) is 2.71. The molecule has 0 aliphatic heterocycles. The van der Waals surface area contributed by atoms with E-state index in [2.05, 4.69) is 15.2 Å². The van der Waals surface area contributed by atoms with E-state index in [1.165, 1.54) is 49.4 Å². The zero-order valence-corrected chi connectivity index (χ0v) is 16.5. The number of hydrogen-bond donors (Lipinski definition) is 1. The molecule has 3 rings (SSSR count).